The van der Waals surface area contributed by atoms with Crippen LogP contribution in [0.2, 0.25) is 0 Å². The SMILES string of the molecule is CCn1c(CC(=O)Nc2cccc(C(F)(F)F)c2)n[nH]c1=S. The molecule has 1 heterocycles. The largest absolute Gasteiger partial charge is 0.416 e. The molecular weight excluding hydrogens is 317 g/mol. The second kappa shape index (κ2) is 6.30. The highest BCUT2D eigenvalue weighted by Gasteiger charge is 2.30. The average molecular weight is 330 g/mol. The molecule has 0 aliphatic heterocycles. The standard InChI is InChI=1S/C13H13F3N4OS/c1-2-20-10(18-19-12(20)22)7-11(21)17-9-5-3-4-8(6-9)13(14,15)16/h3-6H,2,7H2,1H3,(H,17,21)(H,19,22). The minimum absolute atomic E-state index is 0.0806. The van der Waals surface area contributed by atoms with E-state index < -0.39 is 17.6 Å². The van der Waals surface area contributed by atoms with Crippen molar-refractivity contribution in [2.75, 3.05) is 5.32 Å². The van der Waals surface area contributed by atoms with Crippen molar-refractivity contribution >= 4 is 23.8 Å². The first-order chi connectivity index (χ1) is 10.3. The second-order valence-electron chi connectivity index (χ2n) is 4.49. The van der Waals surface area contributed by atoms with Gasteiger partial charge in [-0.05, 0) is 37.3 Å². The van der Waals surface area contributed by atoms with E-state index in [0.29, 0.717) is 17.1 Å². The van der Waals surface area contributed by atoms with Crippen LogP contribution in [0.4, 0.5) is 18.9 Å². The summed E-state index contributed by atoms with van der Waals surface area (Å²) in [5.41, 5.74) is -0.737. The van der Waals surface area contributed by atoms with Crippen molar-refractivity contribution in [3.05, 3.63) is 40.4 Å². The number of carbonyl (C=O) groups is 1. The number of nitrogens with zero attached hydrogens (tertiary/aromatic N) is 2. The normalized spacial score (nSPS) is 11.5. The van der Waals surface area contributed by atoms with Crippen molar-refractivity contribution in [2.24, 2.45) is 0 Å². The van der Waals surface area contributed by atoms with Gasteiger partial charge in [0.1, 0.15) is 5.82 Å². The Morgan fingerprint density at radius 2 is 2.18 bits per heavy atom. The summed E-state index contributed by atoms with van der Waals surface area (Å²) in [6.45, 7) is 2.39. The maximum Gasteiger partial charge on any atom is 0.416 e. The third-order valence-electron chi connectivity index (χ3n) is 2.95. The first-order valence-corrected chi connectivity index (χ1v) is 6.83. The van der Waals surface area contributed by atoms with E-state index in [-0.39, 0.29) is 12.1 Å². The number of hydrogen-bond donors (Lipinski definition) is 2. The number of anilines is 1. The molecular formula is C13H13F3N4OS. The number of benzene rings is 1. The van der Waals surface area contributed by atoms with Gasteiger partial charge in [0.2, 0.25) is 5.91 Å². The van der Waals surface area contributed by atoms with E-state index in [2.05, 4.69) is 15.5 Å². The Hall–Kier alpha value is -2.16. The van der Waals surface area contributed by atoms with Gasteiger partial charge < -0.3 is 9.88 Å². The van der Waals surface area contributed by atoms with Gasteiger partial charge >= 0.3 is 6.18 Å². The number of rotatable bonds is 4. The molecule has 0 fully saturated rings. The van der Waals surface area contributed by atoms with Crippen LogP contribution in [-0.4, -0.2) is 20.7 Å². The molecule has 2 aromatic rings. The molecule has 0 spiro atoms. The Bertz CT molecular complexity index is 735. The number of hydrogen-bond acceptors (Lipinski definition) is 3. The van der Waals surface area contributed by atoms with Crippen LogP contribution in [0.3, 0.4) is 0 Å². The molecule has 118 valence electrons. The third kappa shape index (κ3) is 3.73. The van der Waals surface area contributed by atoms with E-state index in [1.807, 2.05) is 6.92 Å². The fraction of sp³-hybridized carbons (Fsp3) is 0.308. The van der Waals surface area contributed by atoms with Crippen molar-refractivity contribution in [1.82, 2.24) is 14.8 Å². The molecule has 0 saturated carbocycles. The zero-order valence-electron chi connectivity index (χ0n) is 11.6. The van der Waals surface area contributed by atoms with Gasteiger partial charge in [0, 0.05) is 12.2 Å². The quantitative estimate of drug-likeness (QED) is 0.847. The van der Waals surface area contributed by atoms with Crippen molar-refractivity contribution in [3.8, 4) is 0 Å². The number of nitrogens with one attached hydrogen (secondary N) is 2. The number of H-pyrrole nitrogens is 1. The molecule has 0 aliphatic carbocycles. The zero-order chi connectivity index (χ0) is 16.3. The van der Waals surface area contributed by atoms with Crippen LogP contribution in [0, 0.1) is 4.77 Å². The van der Waals surface area contributed by atoms with E-state index in [1.165, 1.54) is 12.1 Å². The highest BCUT2D eigenvalue weighted by molar-refractivity contribution is 7.71. The van der Waals surface area contributed by atoms with Crippen LogP contribution in [-0.2, 0) is 23.9 Å². The van der Waals surface area contributed by atoms with Crippen LogP contribution < -0.4 is 5.32 Å². The molecule has 1 amide bonds. The fourth-order valence-corrected chi connectivity index (χ4v) is 2.21. The maximum absolute atomic E-state index is 12.6. The van der Waals surface area contributed by atoms with E-state index >= 15 is 0 Å². The van der Waals surface area contributed by atoms with Crippen molar-refractivity contribution in [3.63, 3.8) is 0 Å². The third-order valence-corrected chi connectivity index (χ3v) is 3.26. The van der Waals surface area contributed by atoms with Gasteiger partial charge in [0.05, 0.1) is 12.0 Å². The highest BCUT2D eigenvalue weighted by Crippen LogP contribution is 2.30. The van der Waals surface area contributed by atoms with Gasteiger partial charge in [0.15, 0.2) is 4.77 Å². The first kappa shape index (κ1) is 16.2. The number of halogens is 3. The molecule has 2 rings (SSSR count). The summed E-state index contributed by atoms with van der Waals surface area (Å²) < 4.78 is 39.9. The van der Waals surface area contributed by atoms with E-state index in [0.717, 1.165) is 12.1 Å². The lowest BCUT2D eigenvalue weighted by atomic mass is 10.2. The van der Waals surface area contributed by atoms with Gasteiger partial charge in [-0.15, -0.1) is 0 Å². The lowest BCUT2D eigenvalue weighted by molar-refractivity contribution is -0.137. The molecule has 1 aromatic heterocycles. The summed E-state index contributed by atoms with van der Waals surface area (Å²) >= 11 is 5.00. The summed E-state index contributed by atoms with van der Waals surface area (Å²) in [6, 6.07) is 4.46. The molecule has 0 aliphatic rings. The van der Waals surface area contributed by atoms with Crippen LogP contribution in [0.15, 0.2) is 24.3 Å². The predicted molar refractivity (Wildman–Crippen MR) is 76.9 cm³/mol. The molecule has 1 aromatic carbocycles. The summed E-state index contributed by atoms with van der Waals surface area (Å²) in [6.07, 6.45) is -4.54. The van der Waals surface area contributed by atoms with Gasteiger partial charge in [-0.1, -0.05) is 6.07 Å². The van der Waals surface area contributed by atoms with Crippen molar-refractivity contribution in [1.29, 1.82) is 0 Å². The lowest BCUT2D eigenvalue weighted by Gasteiger charge is -2.10. The molecule has 0 radical (unpaired) electrons. The van der Waals surface area contributed by atoms with E-state index in [4.69, 9.17) is 12.2 Å². The van der Waals surface area contributed by atoms with Crippen LogP contribution in [0.5, 0.6) is 0 Å². The molecule has 0 bridgehead atoms. The first-order valence-electron chi connectivity index (χ1n) is 6.42. The Kier molecular flexibility index (Phi) is 4.65. The Morgan fingerprint density at radius 3 is 2.82 bits per heavy atom. The number of carbonyl (C=O) groups excluding carboxylic acids is 1. The van der Waals surface area contributed by atoms with Crippen molar-refractivity contribution in [2.45, 2.75) is 26.1 Å². The van der Waals surface area contributed by atoms with Crippen molar-refractivity contribution < 1.29 is 18.0 Å². The van der Waals surface area contributed by atoms with E-state index in [1.54, 1.807) is 4.57 Å². The number of aromatic amines is 1. The summed E-state index contributed by atoms with van der Waals surface area (Å²) in [5, 5.41) is 8.93. The highest BCUT2D eigenvalue weighted by atomic mass is 32.1. The number of aromatic nitrogens is 3. The summed E-state index contributed by atoms with van der Waals surface area (Å²) in [7, 11) is 0. The minimum Gasteiger partial charge on any atom is -0.326 e. The molecule has 2 N–H and O–H groups in total. The maximum atomic E-state index is 12.6. The Balaban J connectivity index is 2.11. The smallest absolute Gasteiger partial charge is 0.326 e. The molecule has 0 unspecified atom stereocenters. The second-order valence-corrected chi connectivity index (χ2v) is 4.88. The molecule has 0 atom stereocenters. The lowest BCUT2D eigenvalue weighted by Crippen LogP contribution is -2.18. The topological polar surface area (TPSA) is 62.7 Å². The van der Waals surface area contributed by atoms with E-state index in [9.17, 15) is 18.0 Å². The fourth-order valence-electron chi connectivity index (χ4n) is 1.93. The van der Waals surface area contributed by atoms with Gasteiger partial charge in [-0.3, -0.25) is 9.89 Å². The molecule has 9 heteroatoms. The molecule has 22 heavy (non-hydrogen) atoms. The van der Waals surface area contributed by atoms with Crippen LogP contribution in [0.1, 0.15) is 18.3 Å². The zero-order valence-corrected chi connectivity index (χ0v) is 12.4. The Morgan fingerprint density at radius 1 is 1.45 bits per heavy atom. The van der Waals surface area contributed by atoms with Crippen LogP contribution >= 0.6 is 12.2 Å². The molecule has 5 nitrogen and oxygen atoms in total. The van der Waals surface area contributed by atoms with Gasteiger partial charge in [0.25, 0.3) is 0 Å². The number of alkyl halides is 3. The summed E-state index contributed by atoms with van der Waals surface area (Å²) in [4.78, 5) is 11.9. The monoisotopic (exact) mass is 330 g/mol. The van der Waals surface area contributed by atoms with Crippen LogP contribution in [0.25, 0.3) is 0 Å². The average Bonchev–Trinajstić information content (AvgIpc) is 2.78. The van der Waals surface area contributed by atoms with Gasteiger partial charge in [-0.2, -0.15) is 18.3 Å². The Labute approximate surface area is 129 Å². The minimum atomic E-state index is -4.45. The number of amides is 1. The van der Waals surface area contributed by atoms with Gasteiger partial charge in [-0.25, -0.2) is 0 Å². The predicted octanol–water partition coefficient (Wildman–Crippen LogP) is 3.16. The summed E-state index contributed by atoms with van der Waals surface area (Å²) in [5.74, 6) is -0.0417. The molecule has 0 saturated heterocycles.